The number of hydrogen-bond acceptors (Lipinski definition) is 3. The van der Waals surface area contributed by atoms with Gasteiger partial charge in [-0.2, -0.15) is 23.4 Å². The number of nitrogens with one attached hydrogen (secondary N) is 1. The maximum absolute atomic E-state index is 13.2. The average Bonchev–Trinajstić information content (AvgIpc) is 2.89. The smallest absolute Gasteiger partial charge is 0.364 e. The van der Waals surface area contributed by atoms with E-state index in [1.807, 2.05) is 0 Å². The van der Waals surface area contributed by atoms with Crippen LogP contribution < -0.4 is 5.73 Å². The topological polar surface area (TPSA) is 89.6 Å². The second kappa shape index (κ2) is 4.61. The Hall–Kier alpha value is -2.32. The molecule has 0 aliphatic heterocycles. The molecule has 1 saturated carbocycles. The SMILES string of the molecule is NC(=O)c1c(-c2ccn[nH]2)c(C(F)(F)F)nn1C1CCC1. The van der Waals surface area contributed by atoms with Crippen LogP contribution in [0.4, 0.5) is 13.2 Å². The highest BCUT2D eigenvalue weighted by Gasteiger charge is 2.42. The Morgan fingerprint density at radius 1 is 1.43 bits per heavy atom. The van der Waals surface area contributed by atoms with E-state index in [1.54, 1.807) is 0 Å². The largest absolute Gasteiger partial charge is 0.435 e. The van der Waals surface area contributed by atoms with Crippen molar-refractivity contribution in [3.05, 3.63) is 23.7 Å². The number of primary amides is 1. The number of nitrogens with two attached hydrogens (primary N) is 1. The van der Waals surface area contributed by atoms with Crippen LogP contribution in [0.1, 0.15) is 41.5 Å². The summed E-state index contributed by atoms with van der Waals surface area (Å²) in [5.41, 5.74) is 3.69. The first-order chi connectivity index (χ1) is 9.89. The maximum atomic E-state index is 13.2. The third-order valence-electron chi connectivity index (χ3n) is 3.60. The van der Waals surface area contributed by atoms with Crippen LogP contribution in [0.2, 0.25) is 0 Å². The van der Waals surface area contributed by atoms with Gasteiger partial charge >= 0.3 is 6.18 Å². The number of aromatic nitrogens is 4. The molecule has 112 valence electrons. The molecule has 1 aliphatic rings. The van der Waals surface area contributed by atoms with Gasteiger partial charge < -0.3 is 5.73 Å². The average molecular weight is 299 g/mol. The van der Waals surface area contributed by atoms with Crippen LogP contribution in [0, 0.1) is 0 Å². The van der Waals surface area contributed by atoms with E-state index in [0.717, 1.165) is 11.1 Å². The number of hydrogen-bond donors (Lipinski definition) is 2. The molecule has 3 rings (SSSR count). The van der Waals surface area contributed by atoms with Gasteiger partial charge in [-0.25, -0.2) is 0 Å². The van der Waals surface area contributed by atoms with Gasteiger partial charge in [0.1, 0.15) is 5.69 Å². The Kier molecular flexibility index (Phi) is 2.99. The van der Waals surface area contributed by atoms with Crippen molar-refractivity contribution < 1.29 is 18.0 Å². The zero-order valence-corrected chi connectivity index (χ0v) is 10.8. The van der Waals surface area contributed by atoms with Crippen LogP contribution in [0.15, 0.2) is 12.3 Å². The molecule has 0 aromatic carbocycles. The van der Waals surface area contributed by atoms with Crippen molar-refractivity contribution in [2.75, 3.05) is 0 Å². The molecule has 1 fully saturated rings. The Labute approximate surface area is 117 Å². The molecule has 0 radical (unpaired) electrons. The van der Waals surface area contributed by atoms with Crippen LogP contribution in [0.25, 0.3) is 11.3 Å². The van der Waals surface area contributed by atoms with Crippen molar-refractivity contribution in [1.29, 1.82) is 0 Å². The lowest BCUT2D eigenvalue weighted by Gasteiger charge is -2.26. The van der Waals surface area contributed by atoms with Gasteiger partial charge in [0, 0.05) is 6.20 Å². The predicted octanol–water partition coefficient (Wildman–Crippen LogP) is 2.12. The number of rotatable bonds is 3. The second-order valence-electron chi connectivity index (χ2n) is 4.93. The first-order valence-electron chi connectivity index (χ1n) is 6.39. The van der Waals surface area contributed by atoms with Gasteiger partial charge in [-0.3, -0.25) is 14.6 Å². The summed E-state index contributed by atoms with van der Waals surface area (Å²) in [4.78, 5) is 11.7. The van der Waals surface area contributed by atoms with Crippen LogP contribution >= 0.6 is 0 Å². The Morgan fingerprint density at radius 3 is 2.57 bits per heavy atom. The van der Waals surface area contributed by atoms with E-state index in [2.05, 4.69) is 15.3 Å². The molecule has 0 unspecified atom stereocenters. The molecule has 21 heavy (non-hydrogen) atoms. The third kappa shape index (κ3) is 2.18. The van der Waals surface area contributed by atoms with E-state index in [0.29, 0.717) is 12.8 Å². The van der Waals surface area contributed by atoms with Crippen LogP contribution in [-0.4, -0.2) is 25.9 Å². The molecule has 0 bridgehead atoms. The molecule has 0 saturated heterocycles. The minimum Gasteiger partial charge on any atom is -0.364 e. The molecule has 9 heteroatoms. The van der Waals surface area contributed by atoms with E-state index in [4.69, 9.17) is 5.73 Å². The summed E-state index contributed by atoms with van der Waals surface area (Å²) >= 11 is 0. The van der Waals surface area contributed by atoms with Gasteiger partial charge in [0.15, 0.2) is 5.69 Å². The van der Waals surface area contributed by atoms with Gasteiger partial charge in [-0.15, -0.1) is 0 Å². The molecule has 2 aromatic rings. The maximum Gasteiger partial charge on any atom is 0.435 e. The molecule has 0 atom stereocenters. The number of halogens is 3. The minimum atomic E-state index is -4.68. The van der Waals surface area contributed by atoms with Gasteiger partial charge in [0.2, 0.25) is 0 Å². The minimum absolute atomic E-state index is 0.0710. The van der Waals surface area contributed by atoms with E-state index in [1.165, 1.54) is 12.3 Å². The summed E-state index contributed by atoms with van der Waals surface area (Å²) in [5.74, 6) is -0.936. The van der Waals surface area contributed by atoms with Crippen molar-refractivity contribution in [3.63, 3.8) is 0 Å². The normalized spacial score (nSPS) is 16.0. The van der Waals surface area contributed by atoms with Crippen LogP contribution in [0.5, 0.6) is 0 Å². The number of carbonyl (C=O) groups excluding carboxylic acids is 1. The van der Waals surface area contributed by atoms with Gasteiger partial charge in [0.05, 0.1) is 17.3 Å². The van der Waals surface area contributed by atoms with Crippen LogP contribution in [-0.2, 0) is 6.18 Å². The lowest BCUT2D eigenvalue weighted by Crippen LogP contribution is -2.25. The molecule has 1 aliphatic carbocycles. The number of nitrogens with zero attached hydrogens (tertiary/aromatic N) is 3. The van der Waals surface area contributed by atoms with Crippen LogP contribution in [0.3, 0.4) is 0 Å². The highest BCUT2D eigenvalue weighted by atomic mass is 19.4. The number of H-pyrrole nitrogens is 1. The molecule has 2 heterocycles. The lowest BCUT2D eigenvalue weighted by atomic mass is 9.93. The summed E-state index contributed by atoms with van der Waals surface area (Å²) in [6.07, 6.45) is -1.12. The fraction of sp³-hybridized carbons (Fsp3) is 0.417. The molecule has 0 spiro atoms. The summed E-state index contributed by atoms with van der Waals surface area (Å²) in [6, 6.07) is 1.13. The quantitative estimate of drug-likeness (QED) is 0.909. The van der Waals surface area contributed by atoms with Crippen molar-refractivity contribution >= 4 is 5.91 Å². The van der Waals surface area contributed by atoms with Crippen molar-refractivity contribution in [2.45, 2.75) is 31.5 Å². The highest BCUT2D eigenvalue weighted by molar-refractivity contribution is 5.98. The third-order valence-corrected chi connectivity index (χ3v) is 3.60. The highest BCUT2D eigenvalue weighted by Crippen LogP contribution is 2.41. The second-order valence-corrected chi connectivity index (χ2v) is 4.93. The molecule has 3 N–H and O–H groups in total. The summed E-state index contributed by atoms with van der Waals surface area (Å²) in [7, 11) is 0. The fourth-order valence-electron chi connectivity index (χ4n) is 2.41. The Balaban J connectivity index is 2.27. The lowest BCUT2D eigenvalue weighted by molar-refractivity contribution is -0.141. The zero-order chi connectivity index (χ0) is 15.2. The summed E-state index contributed by atoms with van der Waals surface area (Å²) in [5, 5.41) is 9.69. The van der Waals surface area contributed by atoms with Crippen molar-refractivity contribution in [1.82, 2.24) is 20.0 Å². The van der Waals surface area contributed by atoms with Gasteiger partial charge in [0.25, 0.3) is 5.91 Å². The number of carbonyl (C=O) groups is 1. The number of amides is 1. The summed E-state index contributed by atoms with van der Waals surface area (Å²) in [6.45, 7) is 0. The summed E-state index contributed by atoms with van der Waals surface area (Å²) < 4.78 is 40.8. The Bertz CT molecular complexity index is 670. The van der Waals surface area contributed by atoms with E-state index < -0.39 is 17.8 Å². The molecule has 6 nitrogen and oxygen atoms in total. The molecular weight excluding hydrogens is 287 g/mol. The molecular formula is C12H12F3N5O. The van der Waals surface area contributed by atoms with Gasteiger partial charge in [-0.05, 0) is 25.3 Å². The number of alkyl halides is 3. The first kappa shape index (κ1) is 13.7. The molecule has 2 aromatic heterocycles. The first-order valence-corrected chi connectivity index (χ1v) is 6.39. The van der Waals surface area contributed by atoms with E-state index >= 15 is 0 Å². The van der Waals surface area contributed by atoms with E-state index in [-0.39, 0.29) is 23.0 Å². The molecule has 1 amide bonds. The standard InChI is InChI=1S/C12H12F3N5O/c13-12(14,15)10-8(7-4-5-17-18-7)9(11(16)21)20(19-10)6-2-1-3-6/h4-6H,1-3H2,(H2,16,21)(H,17,18). The van der Waals surface area contributed by atoms with E-state index in [9.17, 15) is 18.0 Å². The van der Waals surface area contributed by atoms with Crippen molar-refractivity contribution in [2.24, 2.45) is 5.73 Å². The zero-order valence-electron chi connectivity index (χ0n) is 10.8. The number of aromatic amines is 1. The Morgan fingerprint density at radius 2 is 2.14 bits per heavy atom. The monoisotopic (exact) mass is 299 g/mol. The van der Waals surface area contributed by atoms with Crippen molar-refractivity contribution in [3.8, 4) is 11.3 Å². The van der Waals surface area contributed by atoms with Gasteiger partial charge in [-0.1, -0.05) is 0 Å². The fourth-order valence-corrected chi connectivity index (χ4v) is 2.41. The predicted molar refractivity (Wildman–Crippen MR) is 66.2 cm³/mol.